The number of rotatable bonds is 4. The van der Waals surface area contributed by atoms with E-state index in [-0.39, 0.29) is 6.10 Å². The first-order valence-corrected chi connectivity index (χ1v) is 8.21. The second kappa shape index (κ2) is 7.55. The highest BCUT2D eigenvalue weighted by atomic mass is 79.9. The lowest BCUT2D eigenvalue weighted by Gasteiger charge is -2.28. The summed E-state index contributed by atoms with van der Waals surface area (Å²) in [7, 11) is 2.19. The highest BCUT2D eigenvalue weighted by Gasteiger charge is 2.20. The molecule has 112 valence electrons. The van der Waals surface area contributed by atoms with E-state index >= 15 is 0 Å². The van der Waals surface area contributed by atoms with Gasteiger partial charge in [-0.2, -0.15) is 0 Å². The van der Waals surface area contributed by atoms with E-state index in [0.29, 0.717) is 6.04 Å². The van der Waals surface area contributed by atoms with E-state index in [2.05, 4.69) is 39.7 Å². The van der Waals surface area contributed by atoms with Crippen LogP contribution in [0.25, 0.3) is 0 Å². The van der Waals surface area contributed by atoms with Crippen LogP contribution in [0.4, 0.5) is 0 Å². The van der Waals surface area contributed by atoms with Gasteiger partial charge in [-0.3, -0.25) is 4.90 Å². The smallest absolute Gasteiger partial charge is 0.0802 e. The predicted octanol–water partition coefficient (Wildman–Crippen LogP) is 2.90. The summed E-state index contributed by atoms with van der Waals surface area (Å²) >= 11 is 3.42. The molecule has 0 amide bonds. The zero-order valence-corrected chi connectivity index (χ0v) is 14.0. The highest BCUT2D eigenvalue weighted by Crippen LogP contribution is 2.20. The van der Waals surface area contributed by atoms with Crippen LogP contribution in [0.1, 0.15) is 31.4 Å². The van der Waals surface area contributed by atoms with E-state index in [0.717, 1.165) is 36.1 Å². The molecule has 2 rings (SSSR count). The van der Waals surface area contributed by atoms with Gasteiger partial charge in [0.2, 0.25) is 0 Å². The first-order valence-electron chi connectivity index (χ1n) is 7.42. The monoisotopic (exact) mass is 340 g/mol. The molecule has 1 aromatic rings. The Kier molecular flexibility index (Phi) is 6.02. The van der Waals surface area contributed by atoms with Crippen molar-refractivity contribution in [2.24, 2.45) is 0 Å². The Hall–Kier alpha value is -0.420. The molecule has 2 unspecified atom stereocenters. The molecule has 2 atom stereocenters. The molecule has 0 aliphatic carbocycles. The Labute approximate surface area is 130 Å². The molecule has 1 aliphatic rings. The number of halogens is 1. The van der Waals surface area contributed by atoms with E-state index in [1.54, 1.807) is 0 Å². The summed E-state index contributed by atoms with van der Waals surface area (Å²) in [4.78, 5) is 4.90. The molecule has 0 saturated carbocycles. The van der Waals surface area contributed by atoms with E-state index in [4.69, 9.17) is 0 Å². The van der Waals surface area contributed by atoms with Crippen molar-refractivity contribution in [3.63, 3.8) is 0 Å². The highest BCUT2D eigenvalue weighted by molar-refractivity contribution is 9.10. The Morgan fingerprint density at radius 1 is 1.30 bits per heavy atom. The molecule has 20 heavy (non-hydrogen) atoms. The maximum absolute atomic E-state index is 10.3. The van der Waals surface area contributed by atoms with Gasteiger partial charge in [0.05, 0.1) is 6.10 Å². The van der Waals surface area contributed by atoms with Crippen molar-refractivity contribution in [3.8, 4) is 0 Å². The van der Waals surface area contributed by atoms with Crippen molar-refractivity contribution in [1.82, 2.24) is 9.80 Å². The van der Waals surface area contributed by atoms with Gasteiger partial charge < -0.3 is 10.0 Å². The minimum atomic E-state index is -0.365. The van der Waals surface area contributed by atoms with Crippen LogP contribution in [-0.4, -0.2) is 54.2 Å². The summed E-state index contributed by atoms with van der Waals surface area (Å²) < 4.78 is 1.05. The second-order valence-corrected chi connectivity index (χ2v) is 6.77. The lowest BCUT2D eigenvalue weighted by molar-refractivity contribution is 0.127. The fourth-order valence-electron chi connectivity index (χ4n) is 2.89. The number of hydrogen-bond acceptors (Lipinski definition) is 3. The van der Waals surface area contributed by atoms with Gasteiger partial charge >= 0.3 is 0 Å². The average Bonchev–Trinajstić information content (AvgIpc) is 2.57. The van der Waals surface area contributed by atoms with Crippen LogP contribution < -0.4 is 0 Å². The molecule has 0 aromatic heterocycles. The Balaban J connectivity index is 1.86. The standard InChI is InChI=1S/C16H25BrN2O/c1-13-12-18(2)9-3-10-19(13)11-8-16(20)14-4-6-15(17)7-5-14/h4-7,13,16,20H,3,8-12H2,1-2H3. The molecule has 0 bridgehead atoms. The number of aliphatic hydroxyl groups is 1. The molecule has 1 aliphatic heterocycles. The minimum Gasteiger partial charge on any atom is -0.388 e. The van der Waals surface area contributed by atoms with Crippen LogP contribution in [0.5, 0.6) is 0 Å². The zero-order valence-electron chi connectivity index (χ0n) is 12.4. The number of aliphatic hydroxyl groups excluding tert-OH is 1. The van der Waals surface area contributed by atoms with Gasteiger partial charge in [0.25, 0.3) is 0 Å². The van der Waals surface area contributed by atoms with Gasteiger partial charge in [0.1, 0.15) is 0 Å². The SMILES string of the molecule is CC1CN(C)CCCN1CCC(O)c1ccc(Br)cc1. The lowest BCUT2D eigenvalue weighted by atomic mass is 10.1. The maximum atomic E-state index is 10.3. The molecule has 1 fully saturated rings. The first-order chi connectivity index (χ1) is 9.56. The van der Waals surface area contributed by atoms with E-state index in [1.165, 1.54) is 13.0 Å². The van der Waals surface area contributed by atoms with Crippen molar-refractivity contribution < 1.29 is 5.11 Å². The molecular formula is C16H25BrN2O. The van der Waals surface area contributed by atoms with Gasteiger partial charge in [-0.1, -0.05) is 28.1 Å². The predicted molar refractivity (Wildman–Crippen MR) is 86.9 cm³/mol. The summed E-state index contributed by atoms with van der Waals surface area (Å²) in [6.07, 6.45) is 1.65. The van der Waals surface area contributed by atoms with Crippen LogP contribution in [0.15, 0.2) is 28.7 Å². The minimum absolute atomic E-state index is 0.365. The largest absolute Gasteiger partial charge is 0.388 e. The topological polar surface area (TPSA) is 26.7 Å². The van der Waals surface area contributed by atoms with E-state index < -0.39 is 0 Å². The average molecular weight is 341 g/mol. The number of likely N-dealkylation sites (N-methyl/N-ethyl adjacent to an activating group) is 1. The molecule has 0 radical (unpaired) electrons. The number of nitrogens with zero attached hydrogens (tertiary/aromatic N) is 2. The van der Waals surface area contributed by atoms with Gasteiger partial charge in [0, 0.05) is 23.6 Å². The van der Waals surface area contributed by atoms with Crippen molar-refractivity contribution >= 4 is 15.9 Å². The van der Waals surface area contributed by atoms with Crippen LogP contribution in [0.3, 0.4) is 0 Å². The number of benzene rings is 1. The van der Waals surface area contributed by atoms with Crippen molar-refractivity contribution in [3.05, 3.63) is 34.3 Å². The van der Waals surface area contributed by atoms with Crippen LogP contribution in [0, 0.1) is 0 Å². The quantitative estimate of drug-likeness (QED) is 0.912. The molecule has 3 nitrogen and oxygen atoms in total. The maximum Gasteiger partial charge on any atom is 0.0802 e. The van der Waals surface area contributed by atoms with Crippen molar-refractivity contribution in [2.75, 3.05) is 33.2 Å². The Morgan fingerprint density at radius 2 is 2.00 bits per heavy atom. The molecular weight excluding hydrogens is 316 g/mol. The van der Waals surface area contributed by atoms with Gasteiger partial charge in [-0.25, -0.2) is 0 Å². The molecule has 1 saturated heterocycles. The lowest BCUT2D eigenvalue weighted by Crippen LogP contribution is -2.38. The fourth-order valence-corrected chi connectivity index (χ4v) is 3.16. The molecule has 1 heterocycles. The van der Waals surface area contributed by atoms with Gasteiger partial charge in [-0.05, 0) is 57.6 Å². The summed E-state index contributed by atoms with van der Waals surface area (Å²) in [5.74, 6) is 0. The third kappa shape index (κ3) is 4.55. The molecule has 1 aromatic carbocycles. The molecule has 0 spiro atoms. The summed E-state index contributed by atoms with van der Waals surface area (Å²) in [6.45, 7) is 6.68. The summed E-state index contributed by atoms with van der Waals surface area (Å²) in [6, 6.07) is 8.53. The Bertz CT molecular complexity index is 409. The summed E-state index contributed by atoms with van der Waals surface area (Å²) in [5, 5.41) is 10.3. The third-order valence-electron chi connectivity index (χ3n) is 4.13. The third-order valence-corrected chi connectivity index (χ3v) is 4.66. The van der Waals surface area contributed by atoms with Crippen molar-refractivity contribution in [2.45, 2.75) is 31.9 Å². The van der Waals surface area contributed by atoms with E-state index in [9.17, 15) is 5.11 Å². The fraction of sp³-hybridized carbons (Fsp3) is 0.625. The first kappa shape index (κ1) is 16.0. The van der Waals surface area contributed by atoms with Crippen molar-refractivity contribution in [1.29, 1.82) is 0 Å². The molecule has 4 heteroatoms. The van der Waals surface area contributed by atoms with Gasteiger partial charge in [-0.15, -0.1) is 0 Å². The van der Waals surface area contributed by atoms with Gasteiger partial charge in [0.15, 0.2) is 0 Å². The van der Waals surface area contributed by atoms with E-state index in [1.807, 2.05) is 24.3 Å². The van der Waals surface area contributed by atoms with Crippen LogP contribution in [-0.2, 0) is 0 Å². The second-order valence-electron chi connectivity index (χ2n) is 5.86. The Morgan fingerprint density at radius 3 is 2.70 bits per heavy atom. The van der Waals surface area contributed by atoms with Crippen LogP contribution in [0.2, 0.25) is 0 Å². The van der Waals surface area contributed by atoms with Crippen LogP contribution >= 0.6 is 15.9 Å². The molecule has 1 N–H and O–H groups in total. The zero-order chi connectivity index (χ0) is 14.5. The normalized spacial score (nSPS) is 23.5. The number of hydrogen-bond donors (Lipinski definition) is 1. The summed E-state index contributed by atoms with van der Waals surface area (Å²) in [5.41, 5.74) is 1.01.